The molecule has 2 fully saturated rings. The molecule has 3 rings (SSSR count). The maximum atomic E-state index is 12.8. The molecule has 2 aliphatic rings. The van der Waals surface area contributed by atoms with Crippen molar-refractivity contribution in [3.05, 3.63) is 29.3 Å². The van der Waals surface area contributed by atoms with Gasteiger partial charge in [-0.05, 0) is 37.0 Å². The number of amides is 1. The van der Waals surface area contributed by atoms with Crippen LogP contribution in [-0.4, -0.2) is 63.1 Å². The Labute approximate surface area is 184 Å². The molecule has 170 valence electrons. The number of guanidine groups is 1. The van der Waals surface area contributed by atoms with Crippen molar-refractivity contribution in [3.63, 3.8) is 0 Å². The maximum absolute atomic E-state index is 12.8. The lowest BCUT2D eigenvalue weighted by molar-refractivity contribution is -0.135. The molecule has 1 aromatic rings. The Morgan fingerprint density at radius 2 is 1.94 bits per heavy atom. The number of esters is 1. The Morgan fingerprint density at radius 1 is 1.16 bits per heavy atom. The average Bonchev–Trinajstić information content (AvgIpc) is 3.29. The molecule has 1 amide bonds. The maximum Gasteiger partial charge on any atom is 0.341 e. The van der Waals surface area contributed by atoms with Crippen molar-refractivity contribution in [1.29, 1.82) is 0 Å². The Kier molecular flexibility index (Phi) is 8.14. The number of likely N-dealkylation sites (tertiary alicyclic amines) is 1. The molecule has 0 spiro atoms. The van der Waals surface area contributed by atoms with Gasteiger partial charge in [-0.2, -0.15) is 0 Å². The summed E-state index contributed by atoms with van der Waals surface area (Å²) < 4.78 is 10.1. The molecule has 8 heteroatoms. The predicted octanol–water partition coefficient (Wildman–Crippen LogP) is 2.33. The van der Waals surface area contributed by atoms with Gasteiger partial charge in [0.1, 0.15) is 11.3 Å². The van der Waals surface area contributed by atoms with Gasteiger partial charge in [-0.1, -0.05) is 25.3 Å². The first-order valence-corrected chi connectivity index (χ1v) is 11.1. The monoisotopic (exact) mass is 430 g/mol. The van der Waals surface area contributed by atoms with Gasteiger partial charge in [-0.15, -0.1) is 0 Å². The summed E-state index contributed by atoms with van der Waals surface area (Å²) in [5.74, 6) is 1.27. The molecule has 1 saturated carbocycles. The van der Waals surface area contributed by atoms with Crippen LogP contribution in [0.4, 0.5) is 0 Å². The van der Waals surface area contributed by atoms with Gasteiger partial charge in [0, 0.05) is 38.6 Å². The van der Waals surface area contributed by atoms with E-state index in [1.165, 1.54) is 33.5 Å². The predicted molar refractivity (Wildman–Crippen MR) is 119 cm³/mol. The van der Waals surface area contributed by atoms with E-state index in [4.69, 9.17) is 9.47 Å². The topological polar surface area (TPSA) is 92.3 Å². The largest absolute Gasteiger partial charge is 0.496 e. The van der Waals surface area contributed by atoms with Gasteiger partial charge < -0.3 is 25.0 Å². The SMILES string of the molecule is CN=C(NCc1ccc(C(=O)OC)c(OC)c1)NC1CCN(C(=O)C2CCCCC2)C1. The third kappa shape index (κ3) is 5.89. The van der Waals surface area contributed by atoms with Gasteiger partial charge in [0.2, 0.25) is 5.91 Å². The summed E-state index contributed by atoms with van der Waals surface area (Å²) in [6.45, 7) is 2.04. The molecule has 2 N–H and O–H groups in total. The fourth-order valence-corrected chi connectivity index (χ4v) is 4.38. The van der Waals surface area contributed by atoms with Crippen molar-refractivity contribution in [2.45, 2.75) is 51.1 Å². The summed E-state index contributed by atoms with van der Waals surface area (Å²) in [6.07, 6.45) is 6.60. The molecule has 0 aromatic heterocycles. The molecule has 0 radical (unpaired) electrons. The quantitative estimate of drug-likeness (QED) is 0.409. The lowest BCUT2D eigenvalue weighted by Crippen LogP contribution is -2.45. The van der Waals surface area contributed by atoms with Crippen LogP contribution in [0.2, 0.25) is 0 Å². The molecule has 1 aromatic carbocycles. The van der Waals surface area contributed by atoms with E-state index in [1.807, 2.05) is 17.0 Å². The second kappa shape index (κ2) is 11.0. The van der Waals surface area contributed by atoms with Crippen molar-refractivity contribution in [2.24, 2.45) is 10.9 Å². The fraction of sp³-hybridized carbons (Fsp3) is 0.609. The number of carbonyl (C=O) groups is 2. The molecule has 1 unspecified atom stereocenters. The Morgan fingerprint density at radius 3 is 2.61 bits per heavy atom. The highest BCUT2D eigenvalue weighted by molar-refractivity contribution is 5.92. The van der Waals surface area contributed by atoms with Crippen molar-refractivity contribution in [3.8, 4) is 5.75 Å². The molecule has 0 bridgehead atoms. The number of aliphatic imine (C=N–C) groups is 1. The molecule has 31 heavy (non-hydrogen) atoms. The van der Waals surface area contributed by atoms with Crippen LogP contribution in [0.25, 0.3) is 0 Å². The van der Waals surface area contributed by atoms with Crippen LogP contribution in [-0.2, 0) is 16.1 Å². The molecular weight excluding hydrogens is 396 g/mol. The van der Waals surface area contributed by atoms with Gasteiger partial charge in [-0.25, -0.2) is 4.79 Å². The summed E-state index contributed by atoms with van der Waals surface area (Å²) in [5, 5.41) is 6.73. The summed E-state index contributed by atoms with van der Waals surface area (Å²) in [4.78, 5) is 30.9. The summed E-state index contributed by atoms with van der Waals surface area (Å²) in [6, 6.07) is 5.56. The first-order chi connectivity index (χ1) is 15.0. The Hall–Kier alpha value is -2.77. The number of ether oxygens (including phenoxy) is 2. The van der Waals surface area contributed by atoms with Gasteiger partial charge in [0.15, 0.2) is 5.96 Å². The standard InChI is InChI=1S/C23H34N4O4/c1-24-23(25-14-16-9-10-19(22(29)31-3)20(13-16)30-2)26-18-11-12-27(15-18)21(28)17-7-5-4-6-8-17/h9-10,13,17-18H,4-8,11-12,14-15H2,1-3H3,(H2,24,25,26). The van der Waals surface area contributed by atoms with Crippen LogP contribution in [0.15, 0.2) is 23.2 Å². The van der Waals surface area contributed by atoms with E-state index < -0.39 is 5.97 Å². The van der Waals surface area contributed by atoms with Crippen molar-refractivity contribution in [1.82, 2.24) is 15.5 Å². The van der Waals surface area contributed by atoms with Crippen molar-refractivity contribution < 1.29 is 19.1 Å². The van der Waals surface area contributed by atoms with E-state index in [1.54, 1.807) is 13.1 Å². The molecule has 1 aliphatic heterocycles. The van der Waals surface area contributed by atoms with Crippen LogP contribution >= 0.6 is 0 Å². The van der Waals surface area contributed by atoms with Gasteiger partial charge in [0.05, 0.1) is 14.2 Å². The summed E-state index contributed by atoms with van der Waals surface area (Å²) in [5.41, 5.74) is 1.35. The molecule has 1 heterocycles. The smallest absolute Gasteiger partial charge is 0.341 e. The molecule has 1 saturated heterocycles. The minimum absolute atomic E-state index is 0.190. The number of methoxy groups -OCH3 is 2. The lowest BCUT2D eigenvalue weighted by atomic mass is 9.88. The fourth-order valence-electron chi connectivity index (χ4n) is 4.38. The van der Waals surface area contributed by atoms with Crippen molar-refractivity contribution >= 4 is 17.8 Å². The van der Waals surface area contributed by atoms with Gasteiger partial charge in [0.25, 0.3) is 0 Å². The van der Waals surface area contributed by atoms with E-state index in [0.29, 0.717) is 29.7 Å². The number of nitrogens with one attached hydrogen (secondary N) is 2. The van der Waals surface area contributed by atoms with Crippen LogP contribution in [0, 0.1) is 5.92 Å². The highest BCUT2D eigenvalue weighted by atomic mass is 16.5. The van der Waals surface area contributed by atoms with Gasteiger partial charge >= 0.3 is 5.97 Å². The molecule has 8 nitrogen and oxygen atoms in total. The molecule has 1 aliphatic carbocycles. The van der Waals surface area contributed by atoms with Gasteiger partial charge in [-0.3, -0.25) is 9.79 Å². The number of hydrogen-bond acceptors (Lipinski definition) is 5. The van der Waals surface area contributed by atoms with E-state index in [9.17, 15) is 9.59 Å². The number of nitrogens with zero attached hydrogens (tertiary/aromatic N) is 2. The number of carbonyl (C=O) groups excluding carboxylic acids is 2. The summed E-state index contributed by atoms with van der Waals surface area (Å²) in [7, 11) is 4.61. The van der Waals surface area contributed by atoms with E-state index in [2.05, 4.69) is 15.6 Å². The third-order valence-corrected chi connectivity index (χ3v) is 6.15. The number of hydrogen-bond donors (Lipinski definition) is 2. The molecule has 1 atom stereocenters. The van der Waals surface area contributed by atoms with Crippen LogP contribution < -0.4 is 15.4 Å². The zero-order valence-electron chi connectivity index (χ0n) is 18.8. The first kappa shape index (κ1) is 22.9. The highest BCUT2D eigenvalue weighted by Gasteiger charge is 2.31. The summed E-state index contributed by atoms with van der Waals surface area (Å²) >= 11 is 0. The van der Waals surface area contributed by atoms with E-state index >= 15 is 0 Å². The van der Waals surface area contributed by atoms with Crippen molar-refractivity contribution in [2.75, 3.05) is 34.4 Å². The number of benzene rings is 1. The zero-order valence-corrected chi connectivity index (χ0v) is 18.8. The normalized spacial score (nSPS) is 19.8. The minimum Gasteiger partial charge on any atom is -0.496 e. The number of rotatable bonds is 6. The van der Waals surface area contributed by atoms with Crippen LogP contribution in [0.3, 0.4) is 0 Å². The zero-order chi connectivity index (χ0) is 22.2. The minimum atomic E-state index is -0.428. The second-order valence-electron chi connectivity index (χ2n) is 8.20. The van der Waals surface area contributed by atoms with Crippen LogP contribution in [0.1, 0.15) is 54.4 Å². The van der Waals surface area contributed by atoms with Crippen LogP contribution in [0.5, 0.6) is 5.75 Å². The first-order valence-electron chi connectivity index (χ1n) is 11.1. The lowest BCUT2D eigenvalue weighted by Gasteiger charge is -2.26. The Bertz CT molecular complexity index is 805. The van der Waals surface area contributed by atoms with E-state index in [-0.39, 0.29) is 12.0 Å². The highest BCUT2D eigenvalue weighted by Crippen LogP contribution is 2.27. The van der Waals surface area contributed by atoms with E-state index in [0.717, 1.165) is 37.9 Å². The average molecular weight is 431 g/mol. The third-order valence-electron chi connectivity index (χ3n) is 6.15. The second-order valence-corrected chi connectivity index (χ2v) is 8.20. The Balaban J connectivity index is 1.51. The molecular formula is C23H34N4O4.